The van der Waals surface area contributed by atoms with E-state index in [1.54, 1.807) is 13.0 Å². The minimum absolute atomic E-state index is 0.0894. The van der Waals surface area contributed by atoms with Crippen molar-refractivity contribution in [1.29, 1.82) is 0 Å². The van der Waals surface area contributed by atoms with E-state index in [-0.39, 0.29) is 30.5 Å². The van der Waals surface area contributed by atoms with Crippen molar-refractivity contribution in [1.82, 2.24) is 0 Å². The van der Waals surface area contributed by atoms with Crippen LogP contribution in [0.4, 0.5) is 14.5 Å². The molecule has 0 spiro atoms. The third kappa shape index (κ3) is 6.71. The summed E-state index contributed by atoms with van der Waals surface area (Å²) in [7, 11) is 0. The van der Waals surface area contributed by atoms with Crippen molar-refractivity contribution in [2.45, 2.75) is 46.3 Å². The number of alkyl halides is 2. The Kier molecular flexibility index (Phi) is 8.29. The predicted octanol–water partition coefficient (Wildman–Crippen LogP) is 6.62. The fourth-order valence-electron chi connectivity index (χ4n) is 3.10. The number of benzene rings is 2. The number of halogens is 2. The molecule has 2 aromatic carbocycles. The van der Waals surface area contributed by atoms with Crippen LogP contribution in [0.3, 0.4) is 0 Å². The van der Waals surface area contributed by atoms with Crippen LogP contribution in [0, 0.1) is 0 Å². The predicted molar refractivity (Wildman–Crippen MR) is 120 cm³/mol. The summed E-state index contributed by atoms with van der Waals surface area (Å²) in [6.45, 7) is 3.47. The Bertz CT molecular complexity index is 1050. The van der Waals surface area contributed by atoms with Crippen LogP contribution in [0.25, 0.3) is 0 Å². The largest absolute Gasteiger partial charge is 0.490 e. The molecule has 1 heterocycles. The summed E-state index contributed by atoms with van der Waals surface area (Å²) < 4.78 is 46.2. The quantitative estimate of drug-likeness (QED) is 0.349. The van der Waals surface area contributed by atoms with Gasteiger partial charge in [-0.1, -0.05) is 26.0 Å². The van der Waals surface area contributed by atoms with Crippen molar-refractivity contribution in [3.05, 3.63) is 71.7 Å². The van der Waals surface area contributed by atoms with Crippen LogP contribution < -0.4 is 19.5 Å². The highest BCUT2D eigenvalue weighted by molar-refractivity contribution is 6.02. The highest BCUT2D eigenvalue weighted by Gasteiger charge is 2.15. The Morgan fingerprint density at radius 3 is 2.42 bits per heavy atom. The molecule has 8 heteroatoms. The summed E-state index contributed by atoms with van der Waals surface area (Å²) in [5.41, 5.74) is 1.60. The Morgan fingerprint density at radius 1 is 1.00 bits per heavy atom. The number of carbonyl (C=O) groups excluding carboxylic acids is 1. The first kappa shape index (κ1) is 24.1. The van der Waals surface area contributed by atoms with Crippen LogP contribution >= 0.6 is 0 Å². The van der Waals surface area contributed by atoms with E-state index in [4.69, 9.17) is 13.9 Å². The van der Waals surface area contributed by atoms with E-state index < -0.39 is 12.5 Å². The molecule has 1 aromatic heterocycles. The second-order valence-corrected chi connectivity index (χ2v) is 7.36. The molecule has 0 aliphatic rings. The van der Waals surface area contributed by atoms with Gasteiger partial charge in [0.05, 0.1) is 6.61 Å². The number of amides is 1. The van der Waals surface area contributed by atoms with Gasteiger partial charge in [0.15, 0.2) is 17.3 Å². The van der Waals surface area contributed by atoms with Crippen LogP contribution in [0.1, 0.15) is 55.0 Å². The van der Waals surface area contributed by atoms with Gasteiger partial charge >= 0.3 is 6.61 Å². The summed E-state index contributed by atoms with van der Waals surface area (Å²) >= 11 is 0. The van der Waals surface area contributed by atoms with E-state index in [1.165, 1.54) is 29.8 Å². The zero-order chi connectivity index (χ0) is 23.8. The first-order valence-electron chi connectivity index (χ1n) is 10.7. The van der Waals surface area contributed by atoms with Gasteiger partial charge in [-0.25, -0.2) is 0 Å². The number of furan rings is 1. The summed E-state index contributed by atoms with van der Waals surface area (Å²) in [6.07, 6.45) is 1.07. The molecule has 0 aliphatic carbocycles. The second kappa shape index (κ2) is 11.4. The minimum Gasteiger partial charge on any atom is -0.490 e. The zero-order valence-corrected chi connectivity index (χ0v) is 18.8. The fourth-order valence-corrected chi connectivity index (χ4v) is 3.10. The van der Waals surface area contributed by atoms with Crippen molar-refractivity contribution in [3.8, 4) is 17.2 Å². The molecule has 3 aromatic rings. The highest BCUT2D eigenvalue weighted by Crippen LogP contribution is 2.32. The molecule has 0 fully saturated rings. The second-order valence-electron chi connectivity index (χ2n) is 7.36. The van der Waals surface area contributed by atoms with E-state index in [0.29, 0.717) is 23.1 Å². The lowest BCUT2D eigenvalue weighted by atomic mass is 9.99. The molecule has 3 rings (SSSR count). The van der Waals surface area contributed by atoms with Crippen LogP contribution in [0.15, 0.2) is 59.0 Å². The molecule has 1 unspecified atom stereocenters. The lowest BCUT2D eigenvalue weighted by molar-refractivity contribution is -0.0514. The molecule has 33 heavy (non-hydrogen) atoms. The summed E-state index contributed by atoms with van der Waals surface area (Å²) in [4.78, 5) is 12.5. The van der Waals surface area contributed by atoms with Gasteiger partial charge in [-0.2, -0.15) is 8.78 Å². The Morgan fingerprint density at radius 2 is 1.76 bits per heavy atom. The molecule has 6 nitrogen and oxygen atoms in total. The standard InChI is InChI=1S/C25H27F2NO5/c1-4-16(3)17-6-9-19(10-7-17)31-15-20-11-13-22(32-20)24(29)28-18-8-12-21(33-25(26)27)23(14-18)30-5-2/h6-14,16,25H,4-5,15H2,1-3H3,(H,28,29). The summed E-state index contributed by atoms with van der Waals surface area (Å²) in [5, 5.41) is 2.65. The highest BCUT2D eigenvalue weighted by atomic mass is 19.3. The average molecular weight is 459 g/mol. The van der Waals surface area contributed by atoms with E-state index in [1.807, 2.05) is 24.3 Å². The lowest BCUT2D eigenvalue weighted by Gasteiger charge is -2.13. The molecule has 0 aliphatic heterocycles. The fraction of sp³-hybridized carbons (Fsp3) is 0.320. The van der Waals surface area contributed by atoms with E-state index in [9.17, 15) is 13.6 Å². The maximum absolute atomic E-state index is 12.5. The topological polar surface area (TPSA) is 69.9 Å². The van der Waals surface area contributed by atoms with Gasteiger partial charge in [-0.05, 0) is 61.2 Å². The number of hydrogen-bond acceptors (Lipinski definition) is 5. The molecule has 1 amide bonds. The first-order chi connectivity index (χ1) is 15.9. The van der Waals surface area contributed by atoms with Crippen LogP contribution in [-0.4, -0.2) is 19.1 Å². The van der Waals surface area contributed by atoms with Crippen molar-refractivity contribution < 1.29 is 32.2 Å². The van der Waals surface area contributed by atoms with Crippen molar-refractivity contribution in [3.63, 3.8) is 0 Å². The smallest absolute Gasteiger partial charge is 0.387 e. The van der Waals surface area contributed by atoms with Gasteiger partial charge < -0.3 is 23.9 Å². The Hall–Kier alpha value is -3.55. The SMILES string of the molecule is CCOc1cc(NC(=O)c2ccc(COc3ccc(C(C)CC)cc3)o2)ccc1OC(F)F. The molecular formula is C25H27F2NO5. The van der Waals surface area contributed by atoms with Gasteiger partial charge in [0.2, 0.25) is 0 Å². The maximum Gasteiger partial charge on any atom is 0.387 e. The van der Waals surface area contributed by atoms with E-state index in [0.717, 1.165) is 6.42 Å². The van der Waals surface area contributed by atoms with Crippen molar-refractivity contribution in [2.24, 2.45) is 0 Å². The zero-order valence-electron chi connectivity index (χ0n) is 18.8. The van der Waals surface area contributed by atoms with Crippen LogP contribution in [0.2, 0.25) is 0 Å². The minimum atomic E-state index is -2.98. The molecule has 176 valence electrons. The van der Waals surface area contributed by atoms with Crippen LogP contribution in [0.5, 0.6) is 17.2 Å². The first-order valence-corrected chi connectivity index (χ1v) is 10.7. The molecule has 0 saturated carbocycles. The van der Waals surface area contributed by atoms with Gasteiger partial charge in [0, 0.05) is 11.8 Å². The van der Waals surface area contributed by atoms with Gasteiger partial charge in [0.25, 0.3) is 5.91 Å². The lowest BCUT2D eigenvalue weighted by Crippen LogP contribution is -2.11. The normalized spacial score (nSPS) is 11.8. The van der Waals surface area contributed by atoms with Gasteiger partial charge in [0.1, 0.15) is 18.1 Å². The number of hydrogen-bond donors (Lipinski definition) is 1. The number of nitrogens with one attached hydrogen (secondary N) is 1. The van der Waals surface area contributed by atoms with E-state index in [2.05, 4.69) is 23.9 Å². The van der Waals surface area contributed by atoms with Gasteiger partial charge in [-0.15, -0.1) is 0 Å². The Labute approximate surface area is 191 Å². The van der Waals surface area contributed by atoms with Crippen molar-refractivity contribution >= 4 is 11.6 Å². The number of rotatable bonds is 11. The summed E-state index contributed by atoms with van der Waals surface area (Å²) in [5.74, 6) is 1.27. The number of carbonyl (C=O) groups is 1. The third-order valence-electron chi connectivity index (χ3n) is 5.05. The molecular weight excluding hydrogens is 432 g/mol. The van der Waals surface area contributed by atoms with Gasteiger partial charge in [-0.3, -0.25) is 4.79 Å². The van der Waals surface area contributed by atoms with Crippen molar-refractivity contribution in [2.75, 3.05) is 11.9 Å². The molecule has 0 saturated heterocycles. The molecule has 1 atom stereocenters. The van der Waals surface area contributed by atoms with E-state index >= 15 is 0 Å². The maximum atomic E-state index is 12.5. The summed E-state index contributed by atoms with van der Waals surface area (Å²) in [6, 6.07) is 15.3. The average Bonchev–Trinajstić information content (AvgIpc) is 3.28. The molecule has 0 bridgehead atoms. The Balaban J connectivity index is 1.60. The van der Waals surface area contributed by atoms with Crippen LogP contribution in [-0.2, 0) is 6.61 Å². The monoisotopic (exact) mass is 459 g/mol. The number of anilines is 1. The third-order valence-corrected chi connectivity index (χ3v) is 5.05. The molecule has 1 N–H and O–H groups in total. The molecule has 0 radical (unpaired) electrons. The number of ether oxygens (including phenoxy) is 3.